The molecule has 0 N–H and O–H groups in total. The summed E-state index contributed by atoms with van der Waals surface area (Å²) in [6.45, 7) is 3.75. The Morgan fingerprint density at radius 1 is 1.33 bits per heavy atom. The van der Waals surface area contributed by atoms with Crippen LogP contribution in [0.2, 0.25) is 0 Å². The quantitative estimate of drug-likeness (QED) is 0.794. The number of nitrogens with zero attached hydrogens (tertiary/aromatic N) is 2. The fraction of sp³-hybridized carbons (Fsp3) is 0.308. The minimum Gasteiger partial charge on any atom is -0.453 e. The fourth-order valence-corrected chi connectivity index (χ4v) is 1.93. The van der Waals surface area contributed by atoms with Crippen molar-refractivity contribution in [3.05, 3.63) is 41.0 Å². The van der Waals surface area contributed by atoms with Gasteiger partial charge in [0.15, 0.2) is 5.75 Å². The molecule has 0 aliphatic heterocycles. The summed E-state index contributed by atoms with van der Waals surface area (Å²) in [5, 5.41) is 4.24. The van der Waals surface area contributed by atoms with E-state index in [-0.39, 0.29) is 11.7 Å². The second kappa shape index (κ2) is 4.98. The second-order valence-corrected chi connectivity index (χ2v) is 4.42. The van der Waals surface area contributed by atoms with Crippen LogP contribution < -0.4 is 4.74 Å². The van der Waals surface area contributed by atoms with Gasteiger partial charge in [-0.05, 0) is 31.5 Å². The maximum atomic E-state index is 13.4. The number of alkyl halides is 1. The first kappa shape index (κ1) is 12.9. The number of hydrogen-bond donors (Lipinski definition) is 0. The van der Waals surface area contributed by atoms with Gasteiger partial charge in [0.05, 0.1) is 5.69 Å². The zero-order valence-electron chi connectivity index (χ0n) is 10.5. The topological polar surface area (TPSA) is 27.1 Å². The molecule has 0 aliphatic rings. The molecule has 2 rings (SSSR count). The summed E-state index contributed by atoms with van der Waals surface area (Å²) in [6.07, 6.45) is 0. The molecule has 5 heteroatoms. The highest BCUT2D eigenvalue weighted by atomic mass is 35.5. The summed E-state index contributed by atoms with van der Waals surface area (Å²) >= 11 is 5.70. The standard InChI is InChI=1S/C13H14ClFN2O/c1-8-13(9(2)17(3)16-8)18-12-5-10(7-14)4-11(15)6-12/h4-6H,7H2,1-3H3. The molecule has 3 nitrogen and oxygen atoms in total. The fourth-order valence-electron chi connectivity index (χ4n) is 1.78. The van der Waals surface area contributed by atoms with Gasteiger partial charge in [-0.15, -0.1) is 11.6 Å². The van der Waals surface area contributed by atoms with Crippen molar-refractivity contribution in [3.63, 3.8) is 0 Å². The first-order valence-electron chi connectivity index (χ1n) is 5.54. The summed E-state index contributed by atoms with van der Waals surface area (Å²) in [6, 6.07) is 4.45. The molecule has 2 aromatic rings. The van der Waals surface area contributed by atoms with Crippen molar-refractivity contribution in [2.24, 2.45) is 7.05 Å². The number of ether oxygens (including phenoxy) is 1. The van der Waals surface area contributed by atoms with Crippen LogP contribution in [-0.2, 0) is 12.9 Å². The van der Waals surface area contributed by atoms with Crippen LogP contribution in [-0.4, -0.2) is 9.78 Å². The molecular weight excluding hydrogens is 255 g/mol. The molecule has 1 aromatic heterocycles. The van der Waals surface area contributed by atoms with E-state index in [1.165, 1.54) is 12.1 Å². The van der Waals surface area contributed by atoms with Gasteiger partial charge < -0.3 is 4.74 Å². The lowest BCUT2D eigenvalue weighted by Gasteiger charge is -2.07. The highest BCUT2D eigenvalue weighted by Crippen LogP contribution is 2.29. The lowest BCUT2D eigenvalue weighted by Crippen LogP contribution is -1.93. The molecule has 0 unspecified atom stereocenters. The van der Waals surface area contributed by atoms with Crippen LogP contribution >= 0.6 is 11.6 Å². The molecule has 1 heterocycles. The van der Waals surface area contributed by atoms with Gasteiger partial charge in [-0.3, -0.25) is 4.68 Å². The van der Waals surface area contributed by atoms with Crippen LogP contribution in [0.15, 0.2) is 18.2 Å². The van der Waals surface area contributed by atoms with Gasteiger partial charge in [-0.2, -0.15) is 5.10 Å². The normalized spacial score (nSPS) is 10.7. The molecule has 0 spiro atoms. The molecular formula is C13H14ClFN2O. The Kier molecular flexibility index (Phi) is 3.57. The number of benzene rings is 1. The zero-order chi connectivity index (χ0) is 13.3. The van der Waals surface area contributed by atoms with Crippen LogP contribution in [0.4, 0.5) is 4.39 Å². The first-order chi connectivity index (χ1) is 8.51. The number of aromatic nitrogens is 2. The average Bonchev–Trinajstić information content (AvgIpc) is 2.55. The number of halogens is 2. The van der Waals surface area contributed by atoms with E-state index >= 15 is 0 Å². The molecule has 0 aliphatic carbocycles. The highest BCUT2D eigenvalue weighted by molar-refractivity contribution is 6.17. The zero-order valence-corrected chi connectivity index (χ0v) is 11.3. The third-order valence-corrected chi connectivity index (χ3v) is 3.06. The maximum Gasteiger partial charge on any atom is 0.171 e. The Morgan fingerprint density at radius 3 is 2.61 bits per heavy atom. The molecule has 18 heavy (non-hydrogen) atoms. The maximum absolute atomic E-state index is 13.4. The van der Waals surface area contributed by atoms with Gasteiger partial charge in [0.1, 0.15) is 17.3 Å². The van der Waals surface area contributed by atoms with Crippen LogP contribution in [0, 0.1) is 19.7 Å². The summed E-state index contributed by atoms with van der Waals surface area (Å²) < 4.78 is 20.8. The van der Waals surface area contributed by atoms with E-state index in [1.807, 2.05) is 20.9 Å². The van der Waals surface area contributed by atoms with Crippen LogP contribution in [0.1, 0.15) is 17.0 Å². The molecule has 0 saturated heterocycles. The Labute approximate surface area is 110 Å². The molecule has 0 saturated carbocycles. The van der Waals surface area contributed by atoms with E-state index in [0.717, 1.165) is 11.4 Å². The summed E-state index contributed by atoms with van der Waals surface area (Å²) in [5.74, 6) is 0.981. The molecule has 0 fully saturated rings. The lowest BCUT2D eigenvalue weighted by atomic mass is 10.2. The Bertz CT molecular complexity index is 581. The smallest absolute Gasteiger partial charge is 0.171 e. The molecule has 96 valence electrons. The van der Waals surface area contributed by atoms with E-state index in [0.29, 0.717) is 17.1 Å². The van der Waals surface area contributed by atoms with Crippen molar-refractivity contribution in [2.75, 3.05) is 0 Å². The first-order valence-corrected chi connectivity index (χ1v) is 6.08. The number of rotatable bonds is 3. The van der Waals surface area contributed by atoms with E-state index in [2.05, 4.69) is 5.10 Å². The third-order valence-electron chi connectivity index (χ3n) is 2.75. The van der Waals surface area contributed by atoms with Crippen molar-refractivity contribution < 1.29 is 9.13 Å². The molecule has 0 radical (unpaired) electrons. The van der Waals surface area contributed by atoms with Crippen molar-refractivity contribution in [1.82, 2.24) is 9.78 Å². The van der Waals surface area contributed by atoms with E-state index < -0.39 is 0 Å². The van der Waals surface area contributed by atoms with Gasteiger partial charge in [-0.25, -0.2) is 4.39 Å². The van der Waals surface area contributed by atoms with Crippen LogP contribution in [0.25, 0.3) is 0 Å². The predicted molar refractivity (Wildman–Crippen MR) is 68.7 cm³/mol. The van der Waals surface area contributed by atoms with Crippen LogP contribution in [0.5, 0.6) is 11.5 Å². The van der Waals surface area contributed by atoms with Gasteiger partial charge >= 0.3 is 0 Å². The van der Waals surface area contributed by atoms with Gasteiger partial charge in [0.25, 0.3) is 0 Å². The monoisotopic (exact) mass is 268 g/mol. The van der Waals surface area contributed by atoms with E-state index in [4.69, 9.17) is 16.3 Å². The molecule has 0 bridgehead atoms. The Hall–Kier alpha value is -1.55. The third kappa shape index (κ3) is 2.48. The second-order valence-electron chi connectivity index (χ2n) is 4.15. The Morgan fingerprint density at radius 2 is 2.06 bits per heavy atom. The van der Waals surface area contributed by atoms with Gasteiger partial charge in [-0.1, -0.05) is 0 Å². The number of hydrogen-bond acceptors (Lipinski definition) is 2. The minimum absolute atomic E-state index is 0.249. The summed E-state index contributed by atoms with van der Waals surface area (Å²) in [7, 11) is 1.84. The van der Waals surface area contributed by atoms with Crippen LogP contribution in [0.3, 0.4) is 0 Å². The molecule has 1 aromatic carbocycles. The number of aryl methyl sites for hydroxylation is 2. The van der Waals surface area contributed by atoms with Crippen molar-refractivity contribution >= 4 is 11.6 Å². The van der Waals surface area contributed by atoms with Gasteiger partial charge in [0.2, 0.25) is 0 Å². The largest absolute Gasteiger partial charge is 0.453 e. The summed E-state index contributed by atoms with van der Waals surface area (Å²) in [4.78, 5) is 0. The SMILES string of the molecule is Cc1nn(C)c(C)c1Oc1cc(F)cc(CCl)c1. The predicted octanol–water partition coefficient (Wildman–Crippen LogP) is 3.71. The highest BCUT2D eigenvalue weighted by Gasteiger charge is 2.12. The molecule has 0 amide bonds. The van der Waals surface area contributed by atoms with Crippen molar-refractivity contribution in [2.45, 2.75) is 19.7 Å². The summed E-state index contributed by atoms with van der Waals surface area (Å²) in [5.41, 5.74) is 2.35. The van der Waals surface area contributed by atoms with Crippen molar-refractivity contribution in [3.8, 4) is 11.5 Å². The van der Waals surface area contributed by atoms with Gasteiger partial charge in [0, 0.05) is 19.0 Å². The average molecular weight is 269 g/mol. The molecule has 0 atom stereocenters. The lowest BCUT2D eigenvalue weighted by molar-refractivity contribution is 0.468. The minimum atomic E-state index is -0.359. The van der Waals surface area contributed by atoms with E-state index in [1.54, 1.807) is 10.7 Å². The van der Waals surface area contributed by atoms with Crippen molar-refractivity contribution in [1.29, 1.82) is 0 Å². The Balaban J connectivity index is 2.36. The van der Waals surface area contributed by atoms with E-state index in [9.17, 15) is 4.39 Å².